The van der Waals surface area contributed by atoms with Gasteiger partial charge in [-0.05, 0) is 35.4 Å². The summed E-state index contributed by atoms with van der Waals surface area (Å²) in [6.45, 7) is 5.81. The van der Waals surface area contributed by atoms with Crippen LogP contribution < -0.4 is 10.6 Å². The quantitative estimate of drug-likeness (QED) is 0.147. The summed E-state index contributed by atoms with van der Waals surface area (Å²) in [5.74, 6) is -4.91. The number of hydrogen-bond acceptors (Lipinski definition) is 10. The molecule has 0 aliphatic heterocycles. The fourth-order valence-corrected chi connectivity index (χ4v) is 5.29. The fraction of sp³-hybridized carbons (Fsp3) is 0.171. The van der Waals surface area contributed by atoms with E-state index in [2.05, 4.69) is 40.9 Å². The first-order chi connectivity index (χ1) is 26.5. The van der Waals surface area contributed by atoms with Gasteiger partial charge in [-0.3, -0.25) is 9.59 Å². The van der Waals surface area contributed by atoms with Crippen molar-refractivity contribution in [1.29, 1.82) is 0 Å². The molecule has 0 unspecified atom stereocenters. The largest absolute Gasteiger partial charge is 0.477 e. The number of aromatic nitrogens is 8. The lowest BCUT2D eigenvalue weighted by Crippen LogP contribution is -2.25. The molecule has 0 bridgehead atoms. The second-order valence-corrected chi connectivity index (χ2v) is 13.7. The summed E-state index contributed by atoms with van der Waals surface area (Å²) in [5.41, 5.74) is -0.380. The van der Waals surface area contributed by atoms with Crippen molar-refractivity contribution in [3.63, 3.8) is 0 Å². The Balaban J connectivity index is 0.000000194. The number of fused-ring (bicyclic) bond motifs is 2. The average molecular weight is 814 g/mol. The molecule has 3 N–H and O–H groups in total. The molecular formula is C35H26Cl2F4N10O5. The minimum absolute atomic E-state index is 0.00412. The Morgan fingerprint density at radius 2 is 1.23 bits per heavy atom. The number of rotatable bonds is 8. The van der Waals surface area contributed by atoms with Crippen molar-refractivity contribution in [3.8, 4) is 11.6 Å². The van der Waals surface area contributed by atoms with Gasteiger partial charge in [-0.2, -0.15) is 15.2 Å². The minimum Gasteiger partial charge on any atom is -0.477 e. The molecule has 5 aromatic heterocycles. The van der Waals surface area contributed by atoms with Crippen molar-refractivity contribution in [1.82, 2.24) is 50.0 Å². The number of halogens is 6. The lowest BCUT2D eigenvalue weighted by Gasteiger charge is -2.11. The highest BCUT2D eigenvalue weighted by molar-refractivity contribution is 6.31. The SMILES string of the molecule is CC(C)(C)c1noc(-c2cc(C(=O)NCc3ccc(F)c(Cl)c3)nc3c(F)cnn23)n1.O=C(NCc1ccc(F)c(Cl)c1)c1cc(C(=O)O)n2ncc(F)c2n1. The summed E-state index contributed by atoms with van der Waals surface area (Å²) in [6, 6.07) is 10.4. The van der Waals surface area contributed by atoms with E-state index in [1.54, 1.807) is 0 Å². The number of carbonyl (C=O) groups excluding carboxylic acids is 2. The average Bonchev–Trinajstić information content (AvgIpc) is 3.91. The van der Waals surface area contributed by atoms with Gasteiger partial charge in [0.15, 0.2) is 34.4 Å². The van der Waals surface area contributed by atoms with Crippen molar-refractivity contribution in [2.75, 3.05) is 0 Å². The molecule has 0 aliphatic rings. The molecule has 0 spiro atoms. The molecule has 0 aliphatic carbocycles. The van der Waals surface area contributed by atoms with Crippen LogP contribution in [0.1, 0.15) is 69.2 Å². The monoisotopic (exact) mass is 812 g/mol. The summed E-state index contributed by atoms with van der Waals surface area (Å²) in [6.07, 6.45) is 1.78. The predicted octanol–water partition coefficient (Wildman–Crippen LogP) is 6.23. The summed E-state index contributed by atoms with van der Waals surface area (Å²) >= 11 is 11.4. The molecular weight excluding hydrogens is 787 g/mol. The summed E-state index contributed by atoms with van der Waals surface area (Å²) in [7, 11) is 0. The Morgan fingerprint density at radius 3 is 1.71 bits per heavy atom. The number of carbonyl (C=O) groups is 3. The molecule has 0 radical (unpaired) electrons. The molecule has 7 aromatic rings. The van der Waals surface area contributed by atoms with Crippen molar-refractivity contribution in [3.05, 3.63) is 128 Å². The zero-order valence-corrected chi connectivity index (χ0v) is 30.6. The maximum absolute atomic E-state index is 14.2. The van der Waals surface area contributed by atoms with Gasteiger partial charge in [0, 0.05) is 30.6 Å². The summed E-state index contributed by atoms with van der Waals surface area (Å²) in [5, 5.41) is 25.6. The molecule has 2 aromatic carbocycles. The van der Waals surface area contributed by atoms with Crippen LogP contribution in [0.4, 0.5) is 17.6 Å². The van der Waals surface area contributed by atoms with E-state index in [0.29, 0.717) is 17.0 Å². The number of aromatic carboxylic acids is 1. The number of benzene rings is 2. The third-order valence-electron chi connectivity index (χ3n) is 7.73. The van der Waals surface area contributed by atoms with Gasteiger partial charge in [0.2, 0.25) is 0 Å². The molecule has 0 atom stereocenters. The maximum atomic E-state index is 14.2. The Labute approximate surface area is 322 Å². The Kier molecular flexibility index (Phi) is 11.0. The fourth-order valence-electron chi connectivity index (χ4n) is 4.89. The number of carboxylic acid groups (broad SMARTS) is 1. The molecule has 5 heterocycles. The van der Waals surface area contributed by atoms with E-state index in [9.17, 15) is 31.9 Å². The van der Waals surface area contributed by atoms with Crippen LogP contribution in [0.2, 0.25) is 10.0 Å². The van der Waals surface area contributed by atoms with Crippen LogP contribution in [0.15, 0.2) is 65.4 Å². The van der Waals surface area contributed by atoms with E-state index in [1.807, 2.05) is 20.8 Å². The number of nitrogens with one attached hydrogen (secondary N) is 2. The molecule has 56 heavy (non-hydrogen) atoms. The number of nitrogens with zero attached hydrogens (tertiary/aromatic N) is 8. The van der Waals surface area contributed by atoms with Crippen LogP contribution in [0.25, 0.3) is 22.9 Å². The van der Waals surface area contributed by atoms with Crippen molar-refractivity contribution in [2.45, 2.75) is 39.3 Å². The third kappa shape index (κ3) is 8.42. The van der Waals surface area contributed by atoms with Gasteiger partial charge < -0.3 is 20.3 Å². The maximum Gasteiger partial charge on any atom is 0.354 e. The highest BCUT2D eigenvalue weighted by Gasteiger charge is 2.25. The van der Waals surface area contributed by atoms with Gasteiger partial charge in [0.1, 0.15) is 28.7 Å². The number of carboxylic acids is 1. The molecule has 0 fully saturated rings. The van der Waals surface area contributed by atoms with Gasteiger partial charge in [-0.25, -0.2) is 41.4 Å². The first-order valence-corrected chi connectivity index (χ1v) is 16.9. The molecule has 0 saturated heterocycles. The highest BCUT2D eigenvalue weighted by Crippen LogP contribution is 2.25. The number of hydrogen-bond donors (Lipinski definition) is 3. The first kappa shape index (κ1) is 39.2. The summed E-state index contributed by atoms with van der Waals surface area (Å²) < 4.78 is 61.6. The van der Waals surface area contributed by atoms with Crippen LogP contribution >= 0.6 is 23.2 Å². The zero-order valence-electron chi connectivity index (χ0n) is 29.1. The van der Waals surface area contributed by atoms with Crippen LogP contribution in [-0.2, 0) is 18.5 Å². The molecule has 7 rings (SSSR count). The van der Waals surface area contributed by atoms with Crippen LogP contribution in [-0.4, -0.2) is 62.2 Å². The second kappa shape index (κ2) is 15.7. The molecule has 2 amide bonds. The van der Waals surface area contributed by atoms with Gasteiger partial charge in [0.05, 0.1) is 22.4 Å². The highest BCUT2D eigenvalue weighted by atomic mass is 35.5. The third-order valence-corrected chi connectivity index (χ3v) is 8.31. The predicted molar refractivity (Wildman–Crippen MR) is 190 cm³/mol. The van der Waals surface area contributed by atoms with Gasteiger partial charge >= 0.3 is 5.97 Å². The van der Waals surface area contributed by atoms with E-state index >= 15 is 0 Å². The van der Waals surface area contributed by atoms with Crippen molar-refractivity contribution >= 4 is 52.3 Å². The summed E-state index contributed by atoms with van der Waals surface area (Å²) in [4.78, 5) is 48.3. The molecule has 15 nitrogen and oxygen atoms in total. The van der Waals surface area contributed by atoms with Gasteiger partial charge in [-0.1, -0.05) is 61.3 Å². The second-order valence-electron chi connectivity index (χ2n) is 12.8. The van der Waals surface area contributed by atoms with E-state index in [0.717, 1.165) is 29.0 Å². The lowest BCUT2D eigenvalue weighted by molar-refractivity contribution is 0.0686. The molecule has 0 saturated carbocycles. The normalized spacial score (nSPS) is 11.4. The Hall–Kier alpha value is -6.47. The van der Waals surface area contributed by atoms with Gasteiger partial charge in [0.25, 0.3) is 17.7 Å². The molecule has 288 valence electrons. The molecule has 21 heteroatoms. The first-order valence-electron chi connectivity index (χ1n) is 16.1. The van der Waals surface area contributed by atoms with E-state index in [-0.39, 0.29) is 62.8 Å². The smallest absolute Gasteiger partial charge is 0.354 e. The lowest BCUT2D eigenvalue weighted by atomic mass is 9.96. The standard InChI is InChI=1S/C20H17ClF2N6O2.C15H9ClF2N4O3/c1-20(2,3)19-27-18(31-28-19)15-7-14(26-16-13(23)9-25-29(15)16)17(30)24-8-10-4-5-12(22)11(21)6-10;16-8-3-7(1-2-9(8)17)5-19-14(23)11-4-12(15(24)25)22-13(21-11)10(18)6-20-22/h4-7,9H,8H2,1-3H3,(H,24,30);1-4,6H,5H2,(H,19,23)(H,24,25). The zero-order chi connectivity index (χ0) is 40.5. The minimum atomic E-state index is -1.39. The van der Waals surface area contributed by atoms with E-state index < -0.39 is 46.7 Å². The topological polar surface area (TPSA) is 195 Å². The van der Waals surface area contributed by atoms with Crippen LogP contribution in [0.5, 0.6) is 0 Å². The van der Waals surface area contributed by atoms with E-state index in [1.165, 1.54) is 40.9 Å². The van der Waals surface area contributed by atoms with Crippen LogP contribution in [0, 0.1) is 23.3 Å². The Morgan fingerprint density at radius 1 is 0.732 bits per heavy atom. The number of amides is 2. The Bertz CT molecular complexity index is 2660. The van der Waals surface area contributed by atoms with Gasteiger partial charge in [-0.15, -0.1) is 0 Å². The van der Waals surface area contributed by atoms with Crippen LogP contribution in [0.3, 0.4) is 0 Å². The van der Waals surface area contributed by atoms with E-state index in [4.69, 9.17) is 32.8 Å². The van der Waals surface area contributed by atoms with Crippen molar-refractivity contribution < 1.29 is 41.6 Å². The van der Waals surface area contributed by atoms with Crippen molar-refractivity contribution in [2.24, 2.45) is 0 Å².